The molecule has 0 unspecified atom stereocenters. The van der Waals surface area contributed by atoms with Gasteiger partial charge in [-0.2, -0.15) is 9.97 Å². The molecule has 0 aromatic carbocycles. The van der Waals surface area contributed by atoms with Crippen LogP contribution in [0.15, 0.2) is 6.07 Å². The van der Waals surface area contributed by atoms with Gasteiger partial charge in [0, 0.05) is 45.0 Å². The summed E-state index contributed by atoms with van der Waals surface area (Å²) >= 11 is 0. The Morgan fingerprint density at radius 2 is 1.89 bits per heavy atom. The van der Waals surface area contributed by atoms with E-state index < -0.39 is 0 Å². The Kier molecular flexibility index (Phi) is 5.02. The van der Waals surface area contributed by atoms with Crippen LogP contribution < -0.4 is 9.80 Å². The third kappa shape index (κ3) is 3.64. The number of H-pyrrole nitrogens is 1. The van der Waals surface area contributed by atoms with Crippen LogP contribution in [-0.2, 0) is 9.47 Å². The Morgan fingerprint density at radius 1 is 1.15 bits per heavy atom. The van der Waals surface area contributed by atoms with E-state index in [1.54, 1.807) is 4.90 Å². The zero-order valence-corrected chi connectivity index (χ0v) is 15.9. The lowest BCUT2D eigenvalue weighted by atomic mass is 10.2. The van der Waals surface area contributed by atoms with Gasteiger partial charge >= 0.3 is 6.09 Å². The molecule has 2 fully saturated rings. The molecule has 2 aromatic rings. The molecule has 2 aromatic heterocycles. The number of morpholine rings is 1. The Balaban J connectivity index is 1.59. The van der Waals surface area contributed by atoms with Crippen molar-refractivity contribution in [3.8, 4) is 0 Å². The number of piperazine rings is 1. The molecule has 2 aliphatic heterocycles. The fourth-order valence-electron chi connectivity index (χ4n) is 3.58. The van der Waals surface area contributed by atoms with Gasteiger partial charge in [0.25, 0.3) is 0 Å². The van der Waals surface area contributed by atoms with Crippen LogP contribution in [0.1, 0.15) is 12.6 Å². The van der Waals surface area contributed by atoms with Crippen molar-refractivity contribution in [2.24, 2.45) is 0 Å². The molecule has 0 aliphatic carbocycles. The maximum absolute atomic E-state index is 12.0. The Morgan fingerprint density at radius 3 is 2.59 bits per heavy atom. The van der Waals surface area contributed by atoms with Crippen LogP contribution in [0.3, 0.4) is 0 Å². The van der Waals surface area contributed by atoms with Crippen molar-refractivity contribution in [2.45, 2.75) is 13.8 Å². The standard InChI is InChI=1S/C18H26N6O3/c1-3-27-18(25)24-6-4-22(5-7-24)16-14-12-13(2)19-15(14)20-17(21-16)23-8-10-26-11-9-23/h12H,3-11H2,1-2H3,(H,19,20,21). The van der Waals surface area contributed by atoms with Crippen LogP contribution in [0.2, 0.25) is 0 Å². The second kappa shape index (κ2) is 7.59. The average Bonchev–Trinajstić information content (AvgIpc) is 3.08. The largest absolute Gasteiger partial charge is 0.450 e. The number of aryl methyl sites for hydroxylation is 1. The van der Waals surface area contributed by atoms with E-state index in [0.717, 1.165) is 54.7 Å². The highest BCUT2D eigenvalue weighted by Gasteiger charge is 2.26. The van der Waals surface area contributed by atoms with E-state index in [2.05, 4.69) is 20.9 Å². The number of hydrogen-bond acceptors (Lipinski definition) is 7. The minimum atomic E-state index is -0.239. The topological polar surface area (TPSA) is 86.8 Å². The van der Waals surface area contributed by atoms with Crippen LogP contribution in [-0.4, -0.2) is 85.0 Å². The number of hydrogen-bond donors (Lipinski definition) is 1. The average molecular weight is 374 g/mol. The van der Waals surface area contributed by atoms with Crippen molar-refractivity contribution in [2.75, 3.05) is 68.9 Å². The number of carbonyl (C=O) groups excluding carboxylic acids is 1. The van der Waals surface area contributed by atoms with Gasteiger partial charge in [-0.1, -0.05) is 0 Å². The molecule has 0 spiro atoms. The van der Waals surface area contributed by atoms with Gasteiger partial charge in [0.1, 0.15) is 11.5 Å². The number of rotatable bonds is 3. The molecule has 9 nitrogen and oxygen atoms in total. The number of nitrogens with zero attached hydrogens (tertiary/aromatic N) is 5. The van der Waals surface area contributed by atoms with Gasteiger partial charge in [0.2, 0.25) is 5.95 Å². The van der Waals surface area contributed by atoms with Gasteiger partial charge in [-0.3, -0.25) is 0 Å². The number of aromatic amines is 1. The lowest BCUT2D eigenvalue weighted by Gasteiger charge is -2.35. The van der Waals surface area contributed by atoms with Crippen molar-refractivity contribution < 1.29 is 14.3 Å². The van der Waals surface area contributed by atoms with E-state index in [4.69, 9.17) is 19.4 Å². The lowest BCUT2D eigenvalue weighted by Crippen LogP contribution is -2.49. The molecule has 4 rings (SSSR count). The van der Waals surface area contributed by atoms with Crippen LogP contribution in [0.4, 0.5) is 16.6 Å². The summed E-state index contributed by atoms with van der Waals surface area (Å²) in [6, 6.07) is 2.09. The maximum atomic E-state index is 12.0. The summed E-state index contributed by atoms with van der Waals surface area (Å²) in [6.07, 6.45) is -0.239. The zero-order chi connectivity index (χ0) is 18.8. The Hall–Kier alpha value is -2.55. The monoisotopic (exact) mass is 374 g/mol. The van der Waals surface area contributed by atoms with Gasteiger partial charge in [-0.15, -0.1) is 0 Å². The van der Waals surface area contributed by atoms with Crippen molar-refractivity contribution in [1.82, 2.24) is 19.9 Å². The highest BCUT2D eigenvalue weighted by atomic mass is 16.6. The summed E-state index contributed by atoms with van der Waals surface area (Å²) in [4.78, 5) is 31.1. The van der Waals surface area contributed by atoms with Crippen LogP contribution >= 0.6 is 0 Å². The number of fused-ring (bicyclic) bond motifs is 1. The van der Waals surface area contributed by atoms with E-state index in [1.807, 2.05) is 13.8 Å². The van der Waals surface area contributed by atoms with Gasteiger partial charge in [0.15, 0.2) is 0 Å². The van der Waals surface area contributed by atoms with Crippen LogP contribution in [0.25, 0.3) is 11.0 Å². The molecule has 1 N–H and O–H groups in total. The highest BCUT2D eigenvalue weighted by molar-refractivity contribution is 5.89. The SMILES string of the molecule is CCOC(=O)N1CCN(c2nc(N3CCOCC3)nc3[nH]c(C)cc23)CC1. The molecule has 2 aliphatic rings. The lowest BCUT2D eigenvalue weighted by molar-refractivity contribution is 0.105. The summed E-state index contributed by atoms with van der Waals surface area (Å²) in [7, 11) is 0. The fourth-order valence-corrected chi connectivity index (χ4v) is 3.58. The molecule has 0 saturated carbocycles. The number of amides is 1. The first-order chi connectivity index (χ1) is 13.2. The summed E-state index contributed by atoms with van der Waals surface area (Å²) in [5.74, 6) is 1.66. The summed E-state index contributed by atoms with van der Waals surface area (Å²) in [5.41, 5.74) is 1.91. The minimum absolute atomic E-state index is 0.239. The van der Waals surface area contributed by atoms with E-state index >= 15 is 0 Å². The van der Waals surface area contributed by atoms with E-state index in [1.165, 1.54) is 0 Å². The number of carbonyl (C=O) groups is 1. The van der Waals surface area contributed by atoms with Crippen molar-refractivity contribution >= 4 is 28.9 Å². The summed E-state index contributed by atoms with van der Waals surface area (Å²) in [6.45, 7) is 9.92. The maximum Gasteiger partial charge on any atom is 0.409 e. The van der Waals surface area contributed by atoms with Crippen molar-refractivity contribution in [3.63, 3.8) is 0 Å². The van der Waals surface area contributed by atoms with Crippen LogP contribution in [0, 0.1) is 6.92 Å². The van der Waals surface area contributed by atoms with Gasteiger partial charge in [-0.05, 0) is 19.9 Å². The quantitative estimate of drug-likeness (QED) is 0.868. The Bertz CT molecular complexity index is 809. The molecule has 2 saturated heterocycles. The van der Waals surface area contributed by atoms with E-state index in [9.17, 15) is 4.79 Å². The molecule has 9 heteroatoms. The van der Waals surface area contributed by atoms with Crippen molar-refractivity contribution in [3.05, 3.63) is 11.8 Å². The molecule has 4 heterocycles. The molecule has 0 radical (unpaired) electrons. The number of ether oxygens (including phenoxy) is 2. The Labute approximate surface area is 158 Å². The summed E-state index contributed by atoms with van der Waals surface area (Å²) in [5, 5.41) is 1.02. The highest BCUT2D eigenvalue weighted by Crippen LogP contribution is 2.28. The predicted molar refractivity (Wildman–Crippen MR) is 102 cm³/mol. The third-order valence-electron chi connectivity index (χ3n) is 4.99. The molecule has 146 valence electrons. The van der Waals surface area contributed by atoms with Crippen molar-refractivity contribution in [1.29, 1.82) is 0 Å². The normalized spacial score (nSPS) is 18.2. The van der Waals surface area contributed by atoms with Gasteiger partial charge in [-0.25, -0.2) is 4.79 Å². The van der Waals surface area contributed by atoms with Crippen LogP contribution in [0.5, 0.6) is 0 Å². The number of anilines is 2. The van der Waals surface area contributed by atoms with E-state index in [-0.39, 0.29) is 6.09 Å². The predicted octanol–water partition coefficient (Wildman–Crippen LogP) is 1.38. The molecule has 27 heavy (non-hydrogen) atoms. The second-order valence-electron chi connectivity index (χ2n) is 6.83. The van der Waals surface area contributed by atoms with E-state index in [0.29, 0.717) is 32.9 Å². The van der Waals surface area contributed by atoms with Gasteiger partial charge < -0.3 is 29.2 Å². The minimum Gasteiger partial charge on any atom is -0.450 e. The first kappa shape index (κ1) is 17.8. The molecular weight excluding hydrogens is 348 g/mol. The molecular formula is C18H26N6O3. The number of nitrogens with one attached hydrogen (secondary N) is 1. The smallest absolute Gasteiger partial charge is 0.409 e. The molecule has 1 amide bonds. The summed E-state index contributed by atoms with van der Waals surface area (Å²) < 4.78 is 10.6. The third-order valence-corrected chi connectivity index (χ3v) is 4.99. The number of aromatic nitrogens is 3. The first-order valence-corrected chi connectivity index (χ1v) is 9.52. The first-order valence-electron chi connectivity index (χ1n) is 9.52. The van der Waals surface area contributed by atoms with Gasteiger partial charge in [0.05, 0.1) is 25.2 Å². The fraction of sp³-hybridized carbons (Fsp3) is 0.611. The zero-order valence-electron chi connectivity index (χ0n) is 15.9. The second-order valence-corrected chi connectivity index (χ2v) is 6.83. The molecule has 0 bridgehead atoms. The molecule has 0 atom stereocenters.